The lowest BCUT2D eigenvalue weighted by molar-refractivity contribution is 0.104. The van der Waals surface area contributed by atoms with Crippen LogP contribution in [0.5, 0.6) is 0 Å². The van der Waals surface area contributed by atoms with Gasteiger partial charge in [0.05, 0.1) is 0 Å². The zero-order chi connectivity index (χ0) is 14.4. The molecule has 2 rings (SSSR count). The Bertz CT molecular complexity index is 587. The van der Waals surface area contributed by atoms with Crippen LogP contribution in [-0.2, 0) is 0 Å². The van der Waals surface area contributed by atoms with E-state index in [0.717, 1.165) is 5.70 Å². The second-order valence-electron chi connectivity index (χ2n) is 4.83. The van der Waals surface area contributed by atoms with Crippen molar-refractivity contribution in [1.29, 1.82) is 0 Å². The van der Waals surface area contributed by atoms with Gasteiger partial charge in [-0.3, -0.25) is 4.79 Å². The van der Waals surface area contributed by atoms with E-state index in [0.29, 0.717) is 5.56 Å². The average Bonchev–Trinajstić information content (AvgIpc) is 2.49. The summed E-state index contributed by atoms with van der Waals surface area (Å²) in [6.07, 6.45) is 1.65. The molecule has 0 aliphatic rings. The van der Waals surface area contributed by atoms with Gasteiger partial charge in [-0.15, -0.1) is 0 Å². The summed E-state index contributed by atoms with van der Waals surface area (Å²) in [7, 11) is 0. The summed E-state index contributed by atoms with van der Waals surface area (Å²) in [5.41, 5.74) is 2.78. The molecule has 2 aromatic carbocycles. The van der Waals surface area contributed by atoms with E-state index in [4.69, 9.17) is 0 Å². The minimum absolute atomic E-state index is 0.0239. The number of carbonyl (C=O) groups is 1. The van der Waals surface area contributed by atoms with E-state index in [1.165, 1.54) is 5.56 Å². The molecule has 1 atom stereocenters. The van der Waals surface area contributed by atoms with Gasteiger partial charge in [0, 0.05) is 23.4 Å². The van der Waals surface area contributed by atoms with Crippen molar-refractivity contribution in [3.05, 3.63) is 83.6 Å². The maximum atomic E-state index is 12.1. The van der Waals surface area contributed by atoms with Gasteiger partial charge in [-0.25, -0.2) is 0 Å². The van der Waals surface area contributed by atoms with Crippen LogP contribution in [0.2, 0.25) is 0 Å². The van der Waals surface area contributed by atoms with Gasteiger partial charge in [0.15, 0.2) is 5.78 Å². The number of carbonyl (C=O) groups excluding carboxylic acids is 1. The molecule has 0 bridgehead atoms. The van der Waals surface area contributed by atoms with Crippen LogP contribution in [0.3, 0.4) is 0 Å². The molecule has 1 N–H and O–H groups in total. The molecule has 0 aliphatic carbocycles. The SMILES string of the molecule is CC(=CC(=O)c1ccccc1)N[C@@H](C)c1ccccc1. The quantitative estimate of drug-likeness (QED) is 0.650. The highest BCUT2D eigenvalue weighted by Gasteiger charge is 2.06. The molecular weight excluding hydrogens is 246 g/mol. The Balaban J connectivity index is 2.03. The summed E-state index contributed by atoms with van der Waals surface area (Å²) < 4.78 is 0. The predicted octanol–water partition coefficient (Wildman–Crippen LogP) is 4.12. The lowest BCUT2D eigenvalue weighted by Crippen LogP contribution is -2.17. The fraction of sp³-hybridized carbons (Fsp3) is 0.167. The van der Waals surface area contributed by atoms with Gasteiger partial charge >= 0.3 is 0 Å². The fourth-order valence-corrected chi connectivity index (χ4v) is 2.09. The van der Waals surface area contributed by atoms with Gasteiger partial charge in [0.25, 0.3) is 0 Å². The Morgan fingerprint density at radius 1 is 1.00 bits per heavy atom. The van der Waals surface area contributed by atoms with E-state index in [-0.39, 0.29) is 11.8 Å². The van der Waals surface area contributed by atoms with Crippen LogP contribution in [0.4, 0.5) is 0 Å². The van der Waals surface area contributed by atoms with Crippen molar-refractivity contribution in [3.63, 3.8) is 0 Å². The second kappa shape index (κ2) is 6.71. The summed E-state index contributed by atoms with van der Waals surface area (Å²) in [5, 5.41) is 3.34. The molecule has 0 aromatic heterocycles. The highest BCUT2D eigenvalue weighted by molar-refractivity contribution is 6.04. The molecule has 0 unspecified atom stereocenters. The van der Waals surface area contributed by atoms with Gasteiger partial charge in [-0.05, 0) is 19.4 Å². The highest BCUT2D eigenvalue weighted by atomic mass is 16.1. The Morgan fingerprint density at radius 2 is 1.55 bits per heavy atom. The van der Waals surface area contributed by atoms with E-state index in [9.17, 15) is 4.79 Å². The molecule has 0 spiro atoms. The van der Waals surface area contributed by atoms with Crippen molar-refractivity contribution in [1.82, 2.24) is 5.32 Å². The predicted molar refractivity (Wildman–Crippen MR) is 82.5 cm³/mol. The average molecular weight is 265 g/mol. The van der Waals surface area contributed by atoms with Gasteiger partial charge in [0.2, 0.25) is 0 Å². The number of nitrogens with one attached hydrogen (secondary N) is 1. The largest absolute Gasteiger partial charge is 0.382 e. The van der Waals surface area contributed by atoms with Crippen LogP contribution < -0.4 is 5.32 Å². The van der Waals surface area contributed by atoms with Crippen LogP contribution in [0.15, 0.2) is 72.4 Å². The number of benzene rings is 2. The Morgan fingerprint density at radius 3 is 2.15 bits per heavy atom. The summed E-state index contributed by atoms with van der Waals surface area (Å²) in [4.78, 5) is 12.1. The fourth-order valence-electron chi connectivity index (χ4n) is 2.09. The van der Waals surface area contributed by atoms with Crippen LogP contribution >= 0.6 is 0 Å². The van der Waals surface area contributed by atoms with Crippen molar-refractivity contribution in [2.75, 3.05) is 0 Å². The van der Waals surface area contributed by atoms with E-state index < -0.39 is 0 Å². The van der Waals surface area contributed by atoms with Crippen LogP contribution in [0.25, 0.3) is 0 Å². The molecule has 2 aromatic rings. The second-order valence-corrected chi connectivity index (χ2v) is 4.83. The van der Waals surface area contributed by atoms with Gasteiger partial charge in [0.1, 0.15) is 0 Å². The lowest BCUT2D eigenvalue weighted by atomic mass is 10.1. The van der Waals surface area contributed by atoms with Crippen molar-refractivity contribution >= 4 is 5.78 Å². The summed E-state index contributed by atoms with van der Waals surface area (Å²) >= 11 is 0. The third kappa shape index (κ3) is 3.82. The van der Waals surface area contributed by atoms with E-state index in [2.05, 4.69) is 24.4 Å². The highest BCUT2D eigenvalue weighted by Crippen LogP contribution is 2.13. The summed E-state index contributed by atoms with van der Waals surface area (Å²) in [5.74, 6) is 0.0239. The Hall–Kier alpha value is -2.35. The zero-order valence-corrected chi connectivity index (χ0v) is 11.8. The van der Waals surface area contributed by atoms with Gasteiger partial charge in [-0.1, -0.05) is 60.7 Å². The van der Waals surface area contributed by atoms with Crippen molar-refractivity contribution < 1.29 is 4.79 Å². The monoisotopic (exact) mass is 265 g/mol. The molecule has 2 nitrogen and oxygen atoms in total. The van der Waals surface area contributed by atoms with E-state index in [1.54, 1.807) is 6.08 Å². The Labute approximate surface area is 120 Å². The number of rotatable bonds is 5. The first-order valence-corrected chi connectivity index (χ1v) is 6.76. The number of ketones is 1. The van der Waals surface area contributed by atoms with Crippen molar-refractivity contribution in [2.24, 2.45) is 0 Å². The topological polar surface area (TPSA) is 29.1 Å². The molecular formula is C18H19NO. The van der Waals surface area contributed by atoms with Crippen molar-refractivity contribution in [2.45, 2.75) is 19.9 Å². The normalized spacial score (nSPS) is 12.8. The molecule has 102 valence electrons. The Kier molecular flexibility index (Phi) is 4.72. The van der Waals surface area contributed by atoms with E-state index in [1.807, 2.05) is 55.5 Å². The minimum Gasteiger partial charge on any atom is -0.382 e. The van der Waals surface area contributed by atoms with Crippen LogP contribution in [-0.4, -0.2) is 5.78 Å². The number of hydrogen-bond donors (Lipinski definition) is 1. The molecule has 0 amide bonds. The van der Waals surface area contributed by atoms with E-state index >= 15 is 0 Å². The summed E-state index contributed by atoms with van der Waals surface area (Å²) in [6, 6.07) is 19.7. The molecule has 0 radical (unpaired) electrons. The van der Waals surface area contributed by atoms with Gasteiger partial charge in [-0.2, -0.15) is 0 Å². The molecule has 0 fully saturated rings. The first kappa shape index (κ1) is 14.1. The standard InChI is InChI=1S/C18H19NO/c1-14(13-18(20)17-11-7-4-8-12-17)19-15(2)16-9-5-3-6-10-16/h3-13,15,19H,1-2H3/t15-/m0/s1. The molecule has 0 aliphatic heterocycles. The maximum Gasteiger partial charge on any atom is 0.187 e. The molecule has 0 heterocycles. The first-order valence-electron chi connectivity index (χ1n) is 6.76. The molecule has 0 saturated carbocycles. The van der Waals surface area contributed by atoms with Crippen LogP contribution in [0, 0.1) is 0 Å². The van der Waals surface area contributed by atoms with Crippen LogP contribution in [0.1, 0.15) is 35.8 Å². The smallest absolute Gasteiger partial charge is 0.187 e. The zero-order valence-electron chi connectivity index (χ0n) is 11.8. The molecule has 0 saturated heterocycles. The van der Waals surface area contributed by atoms with Gasteiger partial charge < -0.3 is 5.32 Å². The third-order valence-corrected chi connectivity index (χ3v) is 3.15. The number of allylic oxidation sites excluding steroid dienone is 2. The number of hydrogen-bond acceptors (Lipinski definition) is 2. The lowest BCUT2D eigenvalue weighted by Gasteiger charge is -2.15. The third-order valence-electron chi connectivity index (χ3n) is 3.15. The molecule has 2 heteroatoms. The first-order chi connectivity index (χ1) is 9.66. The minimum atomic E-state index is 0.0239. The maximum absolute atomic E-state index is 12.1. The van der Waals surface area contributed by atoms with Crippen molar-refractivity contribution in [3.8, 4) is 0 Å². The molecule has 20 heavy (non-hydrogen) atoms. The summed E-state index contributed by atoms with van der Waals surface area (Å²) in [6.45, 7) is 4.00.